The maximum Gasteiger partial charge on any atom is 0.225 e. The predicted octanol–water partition coefficient (Wildman–Crippen LogP) is 0.656. The second-order valence-corrected chi connectivity index (χ2v) is 7.61. The molecule has 0 saturated carbocycles. The fourth-order valence-corrected chi connectivity index (χ4v) is 3.80. The van der Waals surface area contributed by atoms with Crippen molar-refractivity contribution in [3.63, 3.8) is 0 Å². The van der Waals surface area contributed by atoms with Crippen LogP contribution >= 0.6 is 0 Å². The molecule has 3 aliphatic rings. The first-order valence-corrected chi connectivity index (χ1v) is 9.79. The Kier molecular flexibility index (Phi) is 4.55. The van der Waals surface area contributed by atoms with E-state index in [-0.39, 0.29) is 5.91 Å². The van der Waals surface area contributed by atoms with E-state index in [1.165, 1.54) is 12.0 Å². The van der Waals surface area contributed by atoms with Crippen LogP contribution in [0.1, 0.15) is 30.1 Å². The Balaban J connectivity index is 1.21. The third-order valence-corrected chi connectivity index (χ3v) is 5.78. The molecular formula is C19H25N5O3. The van der Waals surface area contributed by atoms with E-state index < -0.39 is 0 Å². The van der Waals surface area contributed by atoms with E-state index >= 15 is 0 Å². The zero-order valence-electron chi connectivity index (χ0n) is 15.4. The van der Waals surface area contributed by atoms with Gasteiger partial charge in [-0.2, -0.15) is 0 Å². The summed E-state index contributed by atoms with van der Waals surface area (Å²) in [6.45, 7) is 5.77. The van der Waals surface area contributed by atoms with E-state index in [2.05, 4.69) is 20.9 Å². The summed E-state index contributed by atoms with van der Waals surface area (Å²) in [4.78, 5) is 23.8. The molecule has 1 unspecified atom stereocenters. The SMILES string of the molecule is O=C(CCOCC1CCN1)N1CCn2c(nc3cc(C4COC4)cnc32)C1. The summed E-state index contributed by atoms with van der Waals surface area (Å²) < 4.78 is 13.0. The molecule has 144 valence electrons. The van der Waals surface area contributed by atoms with Crippen LogP contribution in [0.2, 0.25) is 0 Å². The molecule has 2 aromatic heterocycles. The smallest absolute Gasteiger partial charge is 0.225 e. The molecule has 2 saturated heterocycles. The minimum atomic E-state index is 0.134. The first-order chi connectivity index (χ1) is 13.3. The van der Waals surface area contributed by atoms with E-state index in [0.29, 0.717) is 44.7 Å². The third-order valence-electron chi connectivity index (χ3n) is 5.78. The Morgan fingerprint density at radius 3 is 3.00 bits per heavy atom. The fourth-order valence-electron chi connectivity index (χ4n) is 3.80. The largest absolute Gasteiger partial charge is 0.380 e. The number of fused-ring (bicyclic) bond motifs is 3. The molecule has 1 N–H and O–H groups in total. The number of amides is 1. The van der Waals surface area contributed by atoms with Crippen molar-refractivity contribution < 1.29 is 14.3 Å². The number of nitrogens with one attached hydrogen (secondary N) is 1. The summed E-state index contributed by atoms with van der Waals surface area (Å²) in [5, 5.41) is 3.29. The molecule has 27 heavy (non-hydrogen) atoms. The predicted molar refractivity (Wildman–Crippen MR) is 98.3 cm³/mol. The molecule has 8 heteroatoms. The second-order valence-electron chi connectivity index (χ2n) is 7.61. The standard InChI is InChI=1S/C19H25N5O3/c25-18(2-6-26-12-15-1-3-20-15)23-4-5-24-17(9-23)22-16-7-13(8-21-19(16)24)14-10-27-11-14/h7-8,14-15,20H,1-6,9-12H2. The van der Waals surface area contributed by atoms with Crippen molar-refractivity contribution in [2.24, 2.45) is 0 Å². The van der Waals surface area contributed by atoms with Crippen LogP contribution in [0, 0.1) is 0 Å². The van der Waals surface area contributed by atoms with Crippen LogP contribution in [0.4, 0.5) is 0 Å². The van der Waals surface area contributed by atoms with E-state index in [1.54, 1.807) is 0 Å². The second kappa shape index (κ2) is 7.18. The number of nitrogens with zero attached hydrogens (tertiary/aromatic N) is 4. The first-order valence-electron chi connectivity index (χ1n) is 9.79. The molecule has 2 fully saturated rings. The number of imidazole rings is 1. The van der Waals surface area contributed by atoms with Gasteiger partial charge in [0.2, 0.25) is 5.91 Å². The summed E-state index contributed by atoms with van der Waals surface area (Å²) >= 11 is 0. The third kappa shape index (κ3) is 3.33. The van der Waals surface area contributed by atoms with Crippen LogP contribution in [-0.2, 0) is 27.4 Å². The van der Waals surface area contributed by atoms with Gasteiger partial charge in [0, 0.05) is 31.2 Å². The molecule has 5 rings (SSSR count). The zero-order chi connectivity index (χ0) is 18.2. The fraction of sp³-hybridized carbons (Fsp3) is 0.632. The van der Waals surface area contributed by atoms with Crippen LogP contribution < -0.4 is 5.32 Å². The Morgan fingerprint density at radius 1 is 1.37 bits per heavy atom. The van der Waals surface area contributed by atoms with Crippen molar-refractivity contribution in [2.45, 2.75) is 37.9 Å². The van der Waals surface area contributed by atoms with E-state index in [9.17, 15) is 4.79 Å². The van der Waals surface area contributed by atoms with Gasteiger partial charge in [-0.15, -0.1) is 0 Å². The van der Waals surface area contributed by atoms with E-state index in [4.69, 9.17) is 14.5 Å². The lowest BCUT2D eigenvalue weighted by atomic mass is 9.99. The van der Waals surface area contributed by atoms with Crippen molar-refractivity contribution in [3.8, 4) is 0 Å². The van der Waals surface area contributed by atoms with Crippen LogP contribution in [0.15, 0.2) is 12.3 Å². The number of carbonyl (C=O) groups excluding carboxylic acids is 1. The molecule has 1 atom stereocenters. The van der Waals surface area contributed by atoms with Gasteiger partial charge in [-0.1, -0.05) is 0 Å². The van der Waals surface area contributed by atoms with Gasteiger partial charge in [0.15, 0.2) is 5.65 Å². The van der Waals surface area contributed by atoms with Crippen molar-refractivity contribution in [2.75, 3.05) is 39.5 Å². The van der Waals surface area contributed by atoms with Crippen LogP contribution in [0.5, 0.6) is 0 Å². The van der Waals surface area contributed by atoms with Crippen LogP contribution in [0.25, 0.3) is 11.2 Å². The number of ether oxygens (including phenoxy) is 2. The summed E-state index contributed by atoms with van der Waals surface area (Å²) in [5.41, 5.74) is 3.02. The molecule has 0 radical (unpaired) electrons. The number of aromatic nitrogens is 3. The Hall–Kier alpha value is -2.03. The van der Waals surface area contributed by atoms with Gasteiger partial charge in [0.25, 0.3) is 0 Å². The van der Waals surface area contributed by atoms with Gasteiger partial charge in [-0.05, 0) is 24.6 Å². The molecule has 0 spiro atoms. The van der Waals surface area contributed by atoms with Crippen molar-refractivity contribution in [1.29, 1.82) is 0 Å². The van der Waals surface area contributed by atoms with E-state index in [0.717, 1.165) is 43.3 Å². The first kappa shape index (κ1) is 17.1. The van der Waals surface area contributed by atoms with E-state index in [1.807, 2.05) is 11.1 Å². The van der Waals surface area contributed by atoms with Gasteiger partial charge < -0.3 is 24.3 Å². The quantitative estimate of drug-likeness (QED) is 0.751. The van der Waals surface area contributed by atoms with Gasteiger partial charge in [-0.3, -0.25) is 4.79 Å². The molecule has 0 bridgehead atoms. The molecular weight excluding hydrogens is 346 g/mol. The minimum Gasteiger partial charge on any atom is -0.380 e. The molecule has 5 heterocycles. The van der Waals surface area contributed by atoms with Gasteiger partial charge in [-0.25, -0.2) is 9.97 Å². The van der Waals surface area contributed by atoms with Crippen molar-refractivity contribution in [1.82, 2.24) is 24.8 Å². The molecule has 8 nitrogen and oxygen atoms in total. The zero-order valence-corrected chi connectivity index (χ0v) is 15.4. The lowest BCUT2D eigenvalue weighted by Gasteiger charge is -2.29. The topological polar surface area (TPSA) is 81.5 Å². The summed E-state index contributed by atoms with van der Waals surface area (Å²) in [5.74, 6) is 1.49. The van der Waals surface area contributed by atoms with Gasteiger partial charge in [0.05, 0.1) is 39.4 Å². The number of hydrogen-bond acceptors (Lipinski definition) is 6. The molecule has 3 aliphatic heterocycles. The Labute approximate surface area is 157 Å². The lowest BCUT2D eigenvalue weighted by molar-refractivity contribution is -0.134. The molecule has 1 amide bonds. The molecule has 0 aliphatic carbocycles. The minimum absolute atomic E-state index is 0.134. The summed E-state index contributed by atoms with van der Waals surface area (Å²) in [6.07, 6.45) is 3.53. The number of hydrogen-bond donors (Lipinski definition) is 1. The highest BCUT2D eigenvalue weighted by Gasteiger charge is 2.26. The highest BCUT2D eigenvalue weighted by molar-refractivity contribution is 5.77. The van der Waals surface area contributed by atoms with Gasteiger partial charge in [0.1, 0.15) is 11.3 Å². The van der Waals surface area contributed by atoms with Crippen molar-refractivity contribution in [3.05, 3.63) is 23.7 Å². The van der Waals surface area contributed by atoms with Crippen LogP contribution in [0.3, 0.4) is 0 Å². The molecule has 0 aromatic carbocycles. The number of carbonyl (C=O) groups is 1. The number of pyridine rings is 1. The normalized spacial score (nSPS) is 22.4. The average Bonchev–Trinajstić information content (AvgIpc) is 2.95. The molecule has 2 aromatic rings. The lowest BCUT2D eigenvalue weighted by Crippen LogP contribution is -2.46. The number of rotatable bonds is 6. The summed E-state index contributed by atoms with van der Waals surface area (Å²) in [7, 11) is 0. The monoisotopic (exact) mass is 371 g/mol. The van der Waals surface area contributed by atoms with Crippen LogP contribution in [-0.4, -0.2) is 70.9 Å². The highest BCUT2D eigenvalue weighted by atomic mass is 16.5. The Bertz CT molecular complexity index is 843. The maximum absolute atomic E-state index is 12.5. The average molecular weight is 371 g/mol. The Morgan fingerprint density at radius 2 is 2.26 bits per heavy atom. The summed E-state index contributed by atoms with van der Waals surface area (Å²) in [6, 6.07) is 2.59. The van der Waals surface area contributed by atoms with Gasteiger partial charge >= 0.3 is 0 Å². The van der Waals surface area contributed by atoms with Crippen molar-refractivity contribution >= 4 is 17.1 Å². The maximum atomic E-state index is 12.5. The highest BCUT2D eigenvalue weighted by Crippen LogP contribution is 2.27.